The van der Waals surface area contributed by atoms with Crippen LogP contribution in [0.1, 0.15) is 63.8 Å². The van der Waals surface area contributed by atoms with Crippen LogP contribution in [0.15, 0.2) is 59.5 Å². The third-order valence-corrected chi connectivity index (χ3v) is 7.46. The van der Waals surface area contributed by atoms with Gasteiger partial charge in [-0.05, 0) is 77.4 Å². The highest BCUT2D eigenvalue weighted by atomic mass is 79.9. The van der Waals surface area contributed by atoms with Crippen molar-refractivity contribution in [3.05, 3.63) is 86.7 Å². The van der Waals surface area contributed by atoms with Gasteiger partial charge in [0.05, 0.1) is 36.0 Å². The van der Waals surface area contributed by atoms with Crippen molar-refractivity contribution in [2.24, 2.45) is 0 Å². The summed E-state index contributed by atoms with van der Waals surface area (Å²) < 4.78 is 20.8. The molecule has 44 heavy (non-hydrogen) atoms. The number of aromatic nitrogens is 3. The van der Waals surface area contributed by atoms with E-state index in [0.717, 1.165) is 32.1 Å². The number of hydrogen-bond acceptors (Lipinski definition) is 8. The van der Waals surface area contributed by atoms with Gasteiger partial charge in [-0.1, -0.05) is 33.6 Å². The van der Waals surface area contributed by atoms with E-state index in [0.29, 0.717) is 22.9 Å². The van der Waals surface area contributed by atoms with Crippen LogP contribution in [-0.4, -0.2) is 44.6 Å². The maximum absolute atomic E-state index is 13.1. The Morgan fingerprint density at radius 2 is 1.86 bits per heavy atom. The van der Waals surface area contributed by atoms with Crippen molar-refractivity contribution < 1.29 is 19.0 Å². The predicted octanol–water partition coefficient (Wildman–Crippen LogP) is 6.96. The molecule has 232 valence electrons. The fourth-order valence-electron chi connectivity index (χ4n) is 4.32. The summed E-state index contributed by atoms with van der Waals surface area (Å²) in [5.74, 6) is 0.152. The maximum Gasteiger partial charge on any atom is 0.326 e. The van der Waals surface area contributed by atoms with Crippen molar-refractivity contribution in [2.45, 2.75) is 78.5 Å². The minimum absolute atomic E-state index is 0.120. The highest BCUT2D eigenvalue weighted by molar-refractivity contribution is 9.10. The average molecular weight is 683 g/mol. The Morgan fingerprint density at radius 3 is 2.57 bits per heavy atom. The Labute approximate surface area is 271 Å². The molecule has 2 heterocycles. The van der Waals surface area contributed by atoms with Crippen LogP contribution in [0.5, 0.6) is 5.75 Å². The SMILES string of the molecule is CC(C)(C)OC[C@H](NCc1cc(Cl)c(Cn2ncc3c(Br)cccc32)cc1OCc1cncc(C#N)c1)C(=O)OC(C)(C)C. The lowest BCUT2D eigenvalue weighted by molar-refractivity contribution is -0.160. The molecule has 0 aliphatic carbocycles. The molecule has 4 aromatic rings. The Balaban J connectivity index is 1.64. The number of esters is 1. The van der Waals surface area contributed by atoms with Crippen molar-refractivity contribution in [3.8, 4) is 11.8 Å². The average Bonchev–Trinajstić information content (AvgIpc) is 3.36. The summed E-state index contributed by atoms with van der Waals surface area (Å²) in [4.78, 5) is 17.3. The first-order chi connectivity index (χ1) is 20.7. The van der Waals surface area contributed by atoms with Crippen molar-refractivity contribution >= 4 is 44.4 Å². The zero-order valence-electron chi connectivity index (χ0n) is 25.8. The fraction of sp³-hybridized carbons (Fsp3) is 0.394. The van der Waals surface area contributed by atoms with E-state index >= 15 is 0 Å². The molecule has 2 aromatic carbocycles. The highest BCUT2D eigenvalue weighted by Gasteiger charge is 2.27. The third-order valence-electron chi connectivity index (χ3n) is 6.42. The molecule has 0 saturated carbocycles. The van der Waals surface area contributed by atoms with Crippen molar-refractivity contribution in [3.63, 3.8) is 0 Å². The van der Waals surface area contributed by atoms with Crippen molar-refractivity contribution in [1.82, 2.24) is 20.1 Å². The molecule has 9 nitrogen and oxygen atoms in total. The molecule has 0 radical (unpaired) electrons. The van der Waals surface area contributed by atoms with Crippen molar-refractivity contribution in [2.75, 3.05) is 6.61 Å². The van der Waals surface area contributed by atoms with Gasteiger partial charge in [0.25, 0.3) is 0 Å². The zero-order chi connectivity index (χ0) is 32.1. The lowest BCUT2D eigenvalue weighted by Gasteiger charge is -2.27. The highest BCUT2D eigenvalue weighted by Crippen LogP contribution is 2.31. The van der Waals surface area contributed by atoms with Crippen LogP contribution >= 0.6 is 27.5 Å². The maximum atomic E-state index is 13.1. The second kappa shape index (κ2) is 14.1. The van der Waals surface area contributed by atoms with Crippen LogP contribution in [0.25, 0.3) is 10.9 Å². The summed E-state index contributed by atoms with van der Waals surface area (Å²) in [5, 5.41) is 18.7. The first-order valence-electron chi connectivity index (χ1n) is 14.2. The van der Waals surface area contributed by atoms with E-state index in [1.54, 1.807) is 12.3 Å². The van der Waals surface area contributed by atoms with E-state index in [1.165, 1.54) is 6.20 Å². The molecule has 0 bridgehead atoms. The van der Waals surface area contributed by atoms with Gasteiger partial charge in [-0.3, -0.25) is 19.8 Å². The summed E-state index contributed by atoms with van der Waals surface area (Å²) >= 11 is 10.4. The second-order valence-electron chi connectivity index (χ2n) is 12.4. The number of carbonyl (C=O) groups excluding carboxylic acids is 1. The van der Waals surface area contributed by atoms with Crippen LogP contribution in [0.2, 0.25) is 5.02 Å². The number of carbonyl (C=O) groups is 1. The summed E-state index contributed by atoms with van der Waals surface area (Å²) in [6.07, 6.45) is 4.98. The Kier molecular flexibility index (Phi) is 10.7. The van der Waals surface area contributed by atoms with Gasteiger partial charge in [-0.25, -0.2) is 0 Å². The Morgan fingerprint density at radius 1 is 1.09 bits per heavy atom. The van der Waals surface area contributed by atoms with Crippen LogP contribution in [0.3, 0.4) is 0 Å². The van der Waals surface area contributed by atoms with Gasteiger partial charge in [0.1, 0.15) is 30.1 Å². The summed E-state index contributed by atoms with van der Waals surface area (Å²) in [5.41, 5.74) is 2.59. The molecule has 0 amide bonds. The predicted molar refractivity (Wildman–Crippen MR) is 173 cm³/mol. The quantitative estimate of drug-likeness (QED) is 0.169. The van der Waals surface area contributed by atoms with Gasteiger partial charge < -0.3 is 14.2 Å². The molecular formula is C33H37BrClN5O4. The minimum Gasteiger partial charge on any atom is -0.489 e. The smallest absolute Gasteiger partial charge is 0.326 e. The number of hydrogen-bond donors (Lipinski definition) is 1. The number of benzene rings is 2. The molecule has 1 N–H and O–H groups in total. The minimum atomic E-state index is -0.731. The molecule has 0 fully saturated rings. The van der Waals surface area contributed by atoms with Crippen LogP contribution in [0, 0.1) is 11.3 Å². The van der Waals surface area contributed by atoms with Gasteiger partial charge in [-0.15, -0.1) is 0 Å². The standard InChI is InChI=1S/C33H37BrClN5O4/c1-32(2,3)43-20-28(31(41)44-33(4,5)6)38-16-23-11-27(35)24(18-40-29-9-7-8-26(34)25(29)17-39-40)12-30(23)42-19-22-10-21(13-36)14-37-15-22/h7-12,14-15,17,28,38H,16,18-20H2,1-6H3/t28-/m0/s1. The lowest BCUT2D eigenvalue weighted by Crippen LogP contribution is -2.45. The summed E-state index contributed by atoms with van der Waals surface area (Å²) in [6.45, 7) is 12.2. The fourth-order valence-corrected chi connectivity index (χ4v) is 5.03. The van der Waals surface area contributed by atoms with Crippen LogP contribution < -0.4 is 10.1 Å². The van der Waals surface area contributed by atoms with Gasteiger partial charge in [0, 0.05) is 44.9 Å². The van der Waals surface area contributed by atoms with Gasteiger partial charge in [-0.2, -0.15) is 10.4 Å². The van der Waals surface area contributed by atoms with Gasteiger partial charge in [0.15, 0.2) is 0 Å². The lowest BCUT2D eigenvalue weighted by atomic mass is 10.1. The molecule has 0 saturated heterocycles. The molecule has 0 aliphatic heterocycles. The van der Waals surface area contributed by atoms with E-state index in [1.807, 2.05) is 82.8 Å². The third kappa shape index (κ3) is 9.26. The first-order valence-corrected chi connectivity index (χ1v) is 15.4. The van der Waals surface area contributed by atoms with E-state index in [4.69, 9.17) is 25.8 Å². The molecule has 0 aliphatic rings. The number of ether oxygens (including phenoxy) is 3. The molecule has 0 unspecified atom stereocenters. The number of nitrogens with zero attached hydrogens (tertiary/aromatic N) is 4. The number of halogens is 2. The molecule has 1 atom stereocenters. The van der Waals surface area contributed by atoms with Gasteiger partial charge >= 0.3 is 5.97 Å². The molecule has 2 aromatic heterocycles. The zero-order valence-corrected chi connectivity index (χ0v) is 28.1. The number of nitriles is 1. The first kappa shape index (κ1) is 33.4. The van der Waals surface area contributed by atoms with E-state index < -0.39 is 23.2 Å². The summed E-state index contributed by atoms with van der Waals surface area (Å²) in [7, 11) is 0. The molecule has 11 heteroatoms. The van der Waals surface area contributed by atoms with Crippen LogP contribution in [0.4, 0.5) is 0 Å². The molecular weight excluding hydrogens is 646 g/mol. The van der Waals surface area contributed by atoms with E-state index in [9.17, 15) is 10.1 Å². The van der Waals surface area contributed by atoms with E-state index in [2.05, 4.69) is 37.4 Å². The summed E-state index contributed by atoms with van der Waals surface area (Å²) in [6, 6.07) is 12.8. The largest absolute Gasteiger partial charge is 0.489 e. The Hall–Kier alpha value is -3.49. The number of nitrogens with one attached hydrogen (secondary N) is 1. The number of pyridine rings is 1. The molecule has 0 spiro atoms. The van der Waals surface area contributed by atoms with Gasteiger partial charge in [0.2, 0.25) is 0 Å². The monoisotopic (exact) mass is 681 g/mol. The number of rotatable bonds is 11. The molecule has 4 rings (SSSR count). The van der Waals surface area contributed by atoms with E-state index in [-0.39, 0.29) is 19.8 Å². The normalized spacial score (nSPS) is 12.6. The second-order valence-corrected chi connectivity index (χ2v) is 13.7. The topological polar surface area (TPSA) is 111 Å². The Bertz CT molecular complexity index is 1670. The van der Waals surface area contributed by atoms with Crippen molar-refractivity contribution in [1.29, 1.82) is 5.26 Å². The number of fused-ring (bicyclic) bond motifs is 1. The van der Waals surface area contributed by atoms with Crippen LogP contribution in [-0.2, 0) is 34.0 Å².